The smallest absolute Gasteiger partial charge is 0.305 e. The van der Waals surface area contributed by atoms with Crippen molar-refractivity contribution in [2.24, 2.45) is 0 Å². The van der Waals surface area contributed by atoms with Crippen LogP contribution in [-0.2, 0) is 4.74 Å². The Balaban J connectivity index is 2.92. The molecule has 8 heteroatoms. The van der Waals surface area contributed by atoms with E-state index < -0.39 is 11.0 Å². The quantitative estimate of drug-likeness (QED) is 0.550. The molecule has 0 aliphatic carbocycles. The van der Waals surface area contributed by atoms with Crippen LogP contribution < -0.4 is 5.32 Å². The Bertz CT molecular complexity index is 471. The molecule has 1 rings (SSSR count). The zero-order valence-corrected chi connectivity index (χ0v) is 9.66. The van der Waals surface area contributed by atoms with E-state index in [-0.39, 0.29) is 30.4 Å². The summed E-state index contributed by atoms with van der Waals surface area (Å²) in [6.07, 6.45) is 0. The molecule has 0 spiro atoms. The third-order valence-electron chi connectivity index (χ3n) is 2.12. The molecule has 1 heterocycles. The Morgan fingerprint density at radius 1 is 1.72 bits per heavy atom. The molecule has 1 unspecified atom stereocenters. The maximum atomic E-state index is 10.6. The fraction of sp³-hybridized carbons (Fsp3) is 0.400. The number of hydrogen-bond acceptors (Lipinski definition) is 7. The van der Waals surface area contributed by atoms with Crippen molar-refractivity contribution in [1.82, 2.24) is 4.98 Å². The minimum atomic E-state index is -0.673. The minimum absolute atomic E-state index is 0.186. The zero-order chi connectivity index (χ0) is 13.5. The molecular weight excluding hydrogens is 240 g/mol. The number of aliphatic hydroxyl groups is 1. The molecule has 0 amide bonds. The summed E-state index contributed by atoms with van der Waals surface area (Å²) in [6, 6.07) is 3.82. The number of methoxy groups -OCH3 is 1. The third kappa shape index (κ3) is 3.38. The van der Waals surface area contributed by atoms with Crippen LogP contribution in [0.5, 0.6) is 0 Å². The summed E-state index contributed by atoms with van der Waals surface area (Å²) >= 11 is 0. The van der Waals surface area contributed by atoms with Crippen LogP contribution in [0, 0.1) is 21.4 Å². The number of aliphatic hydroxyl groups excluding tert-OH is 1. The maximum Gasteiger partial charge on any atom is 0.305 e. The van der Waals surface area contributed by atoms with Crippen molar-refractivity contribution >= 4 is 11.5 Å². The highest BCUT2D eigenvalue weighted by atomic mass is 16.6. The van der Waals surface area contributed by atoms with Crippen LogP contribution in [0.2, 0.25) is 0 Å². The van der Waals surface area contributed by atoms with Crippen molar-refractivity contribution in [1.29, 1.82) is 5.26 Å². The number of nitrogens with one attached hydrogen (secondary N) is 1. The van der Waals surface area contributed by atoms with Gasteiger partial charge in [-0.2, -0.15) is 5.26 Å². The van der Waals surface area contributed by atoms with Gasteiger partial charge < -0.3 is 15.2 Å². The Morgan fingerprint density at radius 3 is 2.94 bits per heavy atom. The average Bonchev–Trinajstić information content (AvgIpc) is 2.37. The lowest BCUT2D eigenvalue weighted by molar-refractivity contribution is -0.385. The monoisotopic (exact) mass is 252 g/mol. The molecule has 2 N–H and O–H groups in total. The second-order valence-electron chi connectivity index (χ2n) is 3.41. The Labute approximate surface area is 103 Å². The summed E-state index contributed by atoms with van der Waals surface area (Å²) < 4.78 is 4.86. The zero-order valence-electron chi connectivity index (χ0n) is 9.66. The van der Waals surface area contributed by atoms with Gasteiger partial charge in [-0.15, -0.1) is 0 Å². The lowest BCUT2D eigenvalue weighted by Crippen LogP contribution is -2.29. The highest BCUT2D eigenvalue weighted by Gasteiger charge is 2.16. The summed E-state index contributed by atoms with van der Waals surface area (Å²) in [5.41, 5.74) is -0.630. The fourth-order valence-electron chi connectivity index (χ4n) is 1.31. The molecule has 0 aromatic carbocycles. The maximum absolute atomic E-state index is 10.6. The van der Waals surface area contributed by atoms with Crippen molar-refractivity contribution in [3.05, 3.63) is 27.9 Å². The standard InChI is InChI=1S/C10H12N4O4/c1-18-6-7(5-15)12-10-3-2-9(14(16)17)8(4-11)13-10/h2-3,7,15H,5-6H2,1H3,(H,12,13). The van der Waals surface area contributed by atoms with E-state index in [0.717, 1.165) is 0 Å². The predicted molar refractivity (Wildman–Crippen MR) is 62.0 cm³/mol. The first-order valence-corrected chi connectivity index (χ1v) is 5.04. The number of anilines is 1. The summed E-state index contributed by atoms with van der Waals surface area (Å²) in [6.45, 7) is 0.0610. The van der Waals surface area contributed by atoms with Crippen molar-refractivity contribution in [3.8, 4) is 6.07 Å². The van der Waals surface area contributed by atoms with Gasteiger partial charge in [0.2, 0.25) is 5.69 Å². The second-order valence-corrected chi connectivity index (χ2v) is 3.41. The van der Waals surface area contributed by atoms with Gasteiger partial charge in [-0.05, 0) is 6.07 Å². The first-order valence-electron chi connectivity index (χ1n) is 5.04. The molecule has 0 saturated carbocycles. The number of nitro groups is 1. The number of pyridine rings is 1. The van der Waals surface area contributed by atoms with Crippen LogP contribution in [0.15, 0.2) is 12.1 Å². The molecule has 0 fully saturated rings. The van der Waals surface area contributed by atoms with E-state index in [9.17, 15) is 10.1 Å². The van der Waals surface area contributed by atoms with Crippen LogP contribution >= 0.6 is 0 Å². The molecule has 18 heavy (non-hydrogen) atoms. The van der Waals surface area contributed by atoms with Gasteiger partial charge in [-0.25, -0.2) is 4.98 Å². The number of ether oxygens (including phenoxy) is 1. The highest BCUT2D eigenvalue weighted by molar-refractivity contribution is 5.50. The summed E-state index contributed by atoms with van der Waals surface area (Å²) in [5.74, 6) is 0.272. The van der Waals surface area contributed by atoms with E-state index in [4.69, 9.17) is 15.1 Å². The minimum Gasteiger partial charge on any atom is -0.394 e. The lowest BCUT2D eigenvalue weighted by atomic mass is 10.3. The third-order valence-corrected chi connectivity index (χ3v) is 2.12. The van der Waals surface area contributed by atoms with E-state index in [1.807, 2.05) is 0 Å². The predicted octanol–water partition coefficient (Wildman–Crippen LogP) is 0.281. The topological polar surface area (TPSA) is 121 Å². The SMILES string of the molecule is COCC(CO)Nc1ccc([N+](=O)[O-])c(C#N)n1. The van der Waals surface area contributed by atoms with Crippen molar-refractivity contribution in [3.63, 3.8) is 0 Å². The average molecular weight is 252 g/mol. The molecule has 0 aliphatic heterocycles. The van der Waals surface area contributed by atoms with Gasteiger partial charge in [-0.1, -0.05) is 0 Å². The van der Waals surface area contributed by atoms with E-state index in [0.29, 0.717) is 0 Å². The summed E-state index contributed by atoms with van der Waals surface area (Å²) in [5, 5.41) is 31.2. The molecule has 96 valence electrons. The van der Waals surface area contributed by atoms with E-state index >= 15 is 0 Å². The van der Waals surface area contributed by atoms with Gasteiger partial charge >= 0.3 is 5.69 Å². The van der Waals surface area contributed by atoms with Crippen LogP contribution in [0.1, 0.15) is 5.69 Å². The number of nitriles is 1. The van der Waals surface area contributed by atoms with Gasteiger partial charge in [0.05, 0.1) is 24.2 Å². The largest absolute Gasteiger partial charge is 0.394 e. The number of aromatic nitrogens is 1. The van der Waals surface area contributed by atoms with Crippen LogP contribution in [0.4, 0.5) is 11.5 Å². The van der Waals surface area contributed by atoms with Gasteiger partial charge in [0.25, 0.3) is 0 Å². The van der Waals surface area contributed by atoms with Gasteiger partial charge in [-0.3, -0.25) is 10.1 Å². The van der Waals surface area contributed by atoms with E-state index in [1.165, 1.54) is 19.2 Å². The Hall–Kier alpha value is -2.24. The Kier molecular flexibility index (Phi) is 4.98. The summed E-state index contributed by atoms with van der Waals surface area (Å²) in [4.78, 5) is 13.7. The van der Waals surface area contributed by atoms with Gasteiger partial charge in [0.15, 0.2) is 0 Å². The van der Waals surface area contributed by atoms with Crippen molar-refractivity contribution in [2.45, 2.75) is 6.04 Å². The first kappa shape index (κ1) is 13.8. The van der Waals surface area contributed by atoms with Crippen molar-refractivity contribution in [2.75, 3.05) is 25.6 Å². The van der Waals surface area contributed by atoms with Gasteiger partial charge in [0, 0.05) is 13.2 Å². The highest BCUT2D eigenvalue weighted by Crippen LogP contribution is 2.18. The fourth-order valence-corrected chi connectivity index (χ4v) is 1.31. The molecule has 1 aromatic rings. The molecular formula is C10H12N4O4. The molecule has 1 atom stereocenters. The van der Waals surface area contributed by atoms with Crippen LogP contribution in [0.25, 0.3) is 0 Å². The Morgan fingerprint density at radius 2 is 2.44 bits per heavy atom. The summed E-state index contributed by atoms with van der Waals surface area (Å²) in [7, 11) is 1.48. The van der Waals surface area contributed by atoms with E-state index in [1.54, 1.807) is 6.07 Å². The number of nitrogens with zero attached hydrogens (tertiary/aromatic N) is 3. The molecule has 0 saturated heterocycles. The lowest BCUT2D eigenvalue weighted by Gasteiger charge is -2.15. The molecule has 0 bridgehead atoms. The molecule has 0 radical (unpaired) electrons. The number of rotatable bonds is 6. The number of hydrogen-bond donors (Lipinski definition) is 2. The van der Waals surface area contributed by atoms with Gasteiger partial charge in [0.1, 0.15) is 11.9 Å². The molecule has 0 aliphatic rings. The normalized spacial score (nSPS) is 11.6. The van der Waals surface area contributed by atoms with E-state index in [2.05, 4.69) is 10.3 Å². The second kappa shape index (κ2) is 6.48. The van der Waals surface area contributed by atoms with Crippen LogP contribution in [0.3, 0.4) is 0 Å². The van der Waals surface area contributed by atoms with Crippen molar-refractivity contribution < 1.29 is 14.8 Å². The van der Waals surface area contributed by atoms with Crippen LogP contribution in [-0.4, -0.2) is 41.4 Å². The molecule has 1 aromatic heterocycles. The molecule has 8 nitrogen and oxygen atoms in total. The first-order chi connectivity index (χ1) is 8.62.